The quantitative estimate of drug-likeness (QED) is 0.156. The van der Waals surface area contributed by atoms with Crippen molar-refractivity contribution in [3.8, 4) is 16.8 Å². The summed E-state index contributed by atoms with van der Waals surface area (Å²) in [7, 11) is 0. The van der Waals surface area contributed by atoms with Gasteiger partial charge in [-0.1, -0.05) is 152 Å². The molecule has 13 rings (SSSR count). The van der Waals surface area contributed by atoms with Crippen molar-refractivity contribution in [2.24, 2.45) is 4.99 Å². The van der Waals surface area contributed by atoms with Crippen molar-refractivity contribution < 1.29 is 0 Å². The Morgan fingerprint density at radius 3 is 1.90 bits per heavy atom. The fourth-order valence-electron chi connectivity index (χ4n) is 9.95. The summed E-state index contributed by atoms with van der Waals surface area (Å²) in [6, 6.07) is 71.8. The predicted octanol–water partition coefficient (Wildman–Crippen LogP) is 13.8. The summed E-state index contributed by atoms with van der Waals surface area (Å²) in [6.45, 7) is 0. The Hall–Kier alpha value is -7.71. The van der Waals surface area contributed by atoms with E-state index in [1.807, 2.05) is 11.3 Å². The highest BCUT2D eigenvalue weighted by molar-refractivity contribution is 7.20. The number of para-hydroxylation sites is 3. The lowest BCUT2D eigenvalue weighted by molar-refractivity contribution is 0.433. The molecule has 3 atom stereocenters. The first-order chi connectivity index (χ1) is 31.2. The van der Waals surface area contributed by atoms with Crippen LogP contribution in [0, 0.1) is 0 Å². The predicted molar refractivity (Wildman–Crippen MR) is 264 cm³/mol. The number of nitrogens with one attached hydrogen (secondary N) is 3. The van der Waals surface area contributed by atoms with E-state index in [1.165, 1.54) is 64.2 Å². The van der Waals surface area contributed by atoms with Gasteiger partial charge in [0.25, 0.3) is 0 Å². The van der Waals surface area contributed by atoms with Gasteiger partial charge in [-0.05, 0) is 76.9 Å². The first-order valence-electron chi connectivity index (χ1n) is 21.6. The zero-order chi connectivity index (χ0) is 41.4. The van der Waals surface area contributed by atoms with Gasteiger partial charge in [0.05, 0.1) is 44.4 Å². The lowest BCUT2D eigenvalue weighted by Crippen LogP contribution is -2.47. The molecule has 0 bridgehead atoms. The summed E-state index contributed by atoms with van der Waals surface area (Å²) in [4.78, 5) is 6.67. The van der Waals surface area contributed by atoms with Gasteiger partial charge in [-0.3, -0.25) is 5.32 Å². The van der Waals surface area contributed by atoms with Gasteiger partial charge < -0.3 is 19.8 Å². The van der Waals surface area contributed by atoms with Crippen LogP contribution in [0.3, 0.4) is 0 Å². The molecule has 0 amide bonds. The number of nitrogens with zero attached hydrogens (tertiary/aromatic N) is 3. The number of fused-ring (bicyclic) bond motifs is 9. The van der Waals surface area contributed by atoms with Crippen LogP contribution < -0.4 is 16.0 Å². The molecule has 3 aromatic heterocycles. The number of anilines is 1. The fraction of sp³-hybridized carbons (Fsp3) is 0.0536. The standard InChI is InChI=1S/C56H40N6S/c1-4-16-35(17-5-1)45-34-46(36-18-6-2-7-19-36)58-55(57-45)53-54-52(43-24-12-15-27-51(43)63-54)59-56(60-53)62-48-26-14-10-22-40(48)42-30-28-38(33-50(42)62)37-29-31-49-44(32-37)41-23-11-13-25-47(41)61(49)39-20-8-3-9-21-39/h1-34,45,53,56,59-60H,(H,57,58). The van der Waals surface area contributed by atoms with E-state index in [9.17, 15) is 0 Å². The third-order valence-corrected chi connectivity index (χ3v) is 14.1. The van der Waals surface area contributed by atoms with Crippen LogP contribution in [-0.2, 0) is 0 Å². The molecule has 0 saturated heterocycles. The molecule has 0 aliphatic carbocycles. The maximum Gasteiger partial charge on any atom is 0.160 e. The number of rotatable bonds is 6. The van der Waals surface area contributed by atoms with Crippen molar-refractivity contribution in [1.29, 1.82) is 0 Å². The van der Waals surface area contributed by atoms with E-state index in [4.69, 9.17) is 4.99 Å². The first-order valence-corrected chi connectivity index (χ1v) is 22.4. The van der Waals surface area contributed by atoms with E-state index in [0.29, 0.717) is 0 Å². The second-order valence-electron chi connectivity index (χ2n) is 16.5. The zero-order valence-corrected chi connectivity index (χ0v) is 34.9. The average Bonchev–Trinajstić information content (AvgIpc) is 4.01. The highest BCUT2D eigenvalue weighted by atomic mass is 32.1. The van der Waals surface area contributed by atoms with E-state index >= 15 is 0 Å². The largest absolute Gasteiger partial charge is 0.361 e. The van der Waals surface area contributed by atoms with Crippen LogP contribution >= 0.6 is 11.3 Å². The zero-order valence-electron chi connectivity index (χ0n) is 34.1. The van der Waals surface area contributed by atoms with Gasteiger partial charge in [-0.2, -0.15) is 0 Å². The van der Waals surface area contributed by atoms with Gasteiger partial charge in [0, 0.05) is 37.3 Å². The second-order valence-corrected chi connectivity index (χ2v) is 17.6. The molecule has 3 N–H and O–H groups in total. The number of aromatic nitrogens is 2. The van der Waals surface area contributed by atoms with E-state index in [0.717, 1.165) is 39.5 Å². The van der Waals surface area contributed by atoms with Crippen LogP contribution in [-0.4, -0.2) is 15.0 Å². The number of benzene rings is 8. The van der Waals surface area contributed by atoms with Crippen molar-refractivity contribution in [1.82, 2.24) is 19.8 Å². The van der Waals surface area contributed by atoms with Crippen molar-refractivity contribution in [3.05, 3.63) is 222 Å². The SMILES string of the molecule is C1=C(c2ccccc2)N=C(C2NC(n3c4ccccc4c4ccc(-c5ccc6c(c5)c5ccccc5n6-c5ccccc5)cc43)Nc3c2sc2ccccc32)NC1c1ccccc1. The van der Waals surface area contributed by atoms with Crippen molar-refractivity contribution in [2.75, 3.05) is 5.32 Å². The highest BCUT2D eigenvalue weighted by Gasteiger charge is 2.36. The molecule has 2 aliphatic heterocycles. The molecule has 0 radical (unpaired) electrons. The Morgan fingerprint density at radius 1 is 0.476 bits per heavy atom. The van der Waals surface area contributed by atoms with Crippen LogP contribution in [0.4, 0.5) is 5.69 Å². The fourth-order valence-corrected chi connectivity index (χ4v) is 11.2. The molecule has 6 nitrogen and oxygen atoms in total. The molecule has 5 heterocycles. The van der Waals surface area contributed by atoms with Crippen molar-refractivity contribution >= 4 is 82.3 Å². The van der Waals surface area contributed by atoms with Gasteiger partial charge in [0.2, 0.25) is 0 Å². The minimum absolute atomic E-state index is 0.0586. The molecule has 0 saturated carbocycles. The summed E-state index contributed by atoms with van der Waals surface area (Å²) in [5, 5.41) is 18.2. The Labute approximate surface area is 368 Å². The summed E-state index contributed by atoms with van der Waals surface area (Å²) >= 11 is 1.83. The van der Waals surface area contributed by atoms with Crippen LogP contribution in [0.5, 0.6) is 0 Å². The minimum atomic E-state index is -0.310. The van der Waals surface area contributed by atoms with Gasteiger partial charge in [0.15, 0.2) is 6.29 Å². The van der Waals surface area contributed by atoms with Crippen molar-refractivity contribution in [2.45, 2.75) is 18.4 Å². The van der Waals surface area contributed by atoms with Crippen LogP contribution in [0.2, 0.25) is 0 Å². The minimum Gasteiger partial charge on any atom is -0.361 e. The lowest BCUT2D eigenvalue weighted by atomic mass is 9.99. The molecule has 300 valence electrons. The van der Waals surface area contributed by atoms with Gasteiger partial charge in [-0.25, -0.2) is 4.99 Å². The molecular formula is C56H40N6S. The lowest BCUT2D eigenvalue weighted by Gasteiger charge is -2.37. The van der Waals surface area contributed by atoms with Crippen LogP contribution in [0.25, 0.3) is 76.2 Å². The number of aliphatic imine (C=N–C) groups is 1. The monoisotopic (exact) mass is 828 g/mol. The third-order valence-electron chi connectivity index (χ3n) is 12.9. The number of thiophene rings is 1. The molecule has 7 heteroatoms. The summed E-state index contributed by atoms with van der Waals surface area (Å²) in [5.41, 5.74) is 12.6. The highest BCUT2D eigenvalue weighted by Crippen LogP contribution is 2.46. The van der Waals surface area contributed by atoms with Gasteiger partial charge >= 0.3 is 0 Å². The van der Waals surface area contributed by atoms with E-state index < -0.39 is 0 Å². The molecule has 0 fully saturated rings. The van der Waals surface area contributed by atoms with E-state index in [-0.39, 0.29) is 18.4 Å². The summed E-state index contributed by atoms with van der Waals surface area (Å²) in [5.74, 6) is 0.897. The molecule has 63 heavy (non-hydrogen) atoms. The number of hydrogen-bond donors (Lipinski definition) is 3. The third kappa shape index (κ3) is 5.85. The van der Waals surface area contributed by atoms with Crippen molar-refractivity contribution in [3.63, 3.8) is 0 Å². The first kappa shape index (κ1) is 36.0. The molecule has 8 aromatic carbocycles. The van der Waals surface area contributed by atoms with Crippen LogP contribution in [0.15, 0.2) is 211 Å². The number of hydrogen-bond acceptors (Lipinski definition) is 5. The Balaban J connectivity index is 0.975. The smallest absolute Gasteiger partial charge is 0.160 e. The Kier molecular flexibility index (Phi) is 8.26. The Morgan fingerprint density at radius 2 is 1.10 bits per heavy atom. The molecule has 0 spiro atoms. The molecule has 11 aromatic rings. The topological polar surface area (TPSA) is 58.3 Å². The summed E-state index contributed by atoms with van der Waals surface area (Å²) < 4.78 is 6.08. The van der Waals surface area contributed by atoms with Gasteiger partial charge in [-0.15, -0.1) is 11.3 Å². The normalized spacial score (nSPS) is 17.4. The molecular weight excluding hydrogens is 789 g/mol. The average molecular weight is 829 g/mol. The number of amidine groups is 1. The second kappa shape index (κ2) is 14.5. The maximum absolute atomic E-state index is 5.45. The Bertz CT molecular complexity index is 3620. The van der Waals surface area contributed by atoms with E-state index in [1.54, 1.807) is 0 Å². The van der Waals surface area contributed by atoms with Gasteiger partial charge in [0.1, 0.15) is 11.9 Å². The van der Waals surface area contributed by atoms with Crippen LogP contribution in [0.1, 0.15) is 34.4 Å². The molecule has 2 aliphatic rings. The van der Waals surface area contributed by atoms with E-state index in [2.05, 4.69) is 231 Å². The molecule has 3 unspecified atom stereocenters. The summed E-state index contributed by atoms with van der Waals surface area (Å²) in [6.07, 6.45) is 1.94. The maximum atomic E-state index is 5.45.